The summed E-state index contributed by atoms with van der Waals surface area (Å²) in [6.45, 7) is -0.720. The highest BCUT2D eigenvalue weighted by atomic mass is 32.2. The number of halogens is 6. The third-order valence-corrected chi connectivity index (χ3v) is 5.18. The van der Waals surface area contributed by atoms with Gasteiger partial charge in [-0.2, -0.15) is 26.3 Å². The predicted molar refractivity (Wildman–Crippen MR) is 94.9 cm³/mol. The second kappa shape index (κ2) is 8.41. The van der Waals surface area contributed by atoms with Gasteiger partial charge in [0.2, 0.25) is 5.91 Å². The first-order valence-electron chi connectivity index (χ1n) is 7.93. The molecule has 0 fully saturated rings. The zero-order valence-electron chi connectivity index (χ0n) is 14.9. The molecule has 0 bridgehead atoms. The lowest BCUT2D eigenvalue weighted by Crippen LogP contribution is -2.24. The first-order chi connectivity index (χ1) is 14.1. The van der Waals surface area contributed by atoms with E-state index in [-0.39, 0.29) is 11.8 Å². The van der Waals surface area contributed by atoms with Crippen LogP contribution in [0.3, 0.4) is 0 Å². The Bertz CT molecular complexity index is 1120. The van der Waals surface area contributed by atoms with Gasteiger partial charge in [0.1, 0.15) is 5.69 Å². The molecule has 0 radical (unpaired) electrons. The summed E-state index contributed by atoms with van der Waals surface area (Å²) in [4.78, 5) is 20.5. The van der Waals surface area contributed by atoms with Crippen molar-refractivity contribution in [3.05, 3.63) is 58.1 Å². The van der Waals surface area contributed by atoms with Crippen molar-refractivity contribution in [1.82, 2.24) is 0 Å². The molecule has 2 N–H and O–H groups in total. The van der Waals surface area contributed by atoms with E-state index < -0.39 is 60.7 Å². The van der Waals surface area contributed by atoms with E-state index in [4.69, 9.17) is 0 Å². The zero-order chi connectivity index (χ0) is 23.6. The third-order valence-electron chi connectivity index (χ3n) is 3.69. The molecule has 0 aliphatic rings. The number of rotatable bonds is 6. The van der Waals surface area contributed by atoms with Crippen molar-refractivity contribution in [2.24, 2.45) is 0 Å². The molecular weight excluding hydrogens is 460 g/mol. The fourth-order valence-corrected chi connectivity index (χ4v) is 3.05. The fraction of sp³-hybridized carbons (Fsp3) is 0.188. The molecule has 168 valence electrons. The van der Waals surface area contributed by atoms with Gasteiger partial charge < -0.3 is 10.6 Å². The van der Waals surface area contributed by atoms with Crippen molar-refractivity contribution < 1.29 is 44.5 Å². The lowest BCUT2D eigenvalue weighted by molar-refractivity contribution is -0.384. The van der Waals surface area contributed by atoms with Crippen LogP contribution in [0.4, 0.5) is 43.4 Å². The number of benzene rings is 2. The number of carbonyl (C=O) groups excluding carboxylic acids is 1. The topological polar surface area (TPSA) is 118 Å². The van der Waals surface area contributed by atoms with E-state index in [9.17, 15) is 49.7 Å². The number of nitro groups is 1. The Balaban J connectivity index is 2.18. The van der Waals surface area contributed by atoms with Crippen molar-refractivity contribution in [3.63, 3.8) is 0 Å². The number of alkyl halides is 6. The van der Waals surface area contributed by atoms with Crippen LogP contribution >= 0.6 is 0 Å². The maximum atomic E-state index is 12.7. The van der Waals surface area contributed by atoms with Crippen LogP contribution in [0.15, 0.2) is 47.4 Å². The number of hydrogen-bond acceptors (Lipinski definition) is 6. The summed E-state index contributed by atoms with van der Waals surface area (Å²) >= 11 is 0. The molecule has 0 aromatic heterocycles. The van der Waals surface area contributed by atoms with Gasteiger partial charge in [-0.1, -0.05) is 6.07 Å². The smallest absolute Gasteiger partial charge is 0.371 e. The Hall–Kier alpha value is -3.36. The Labute approximate surface area is 169 Å². The highest BCUT2D eigenvalue weighted by molar-refractivity contribution is 7.92. The SMILES string of the molecule is O=C(CNc1ccc(S(=O)(=O)C(F)(F)F)cc1[N+](=O)[O-])Nc1cccc(C(F)(F)F)c1. The van der Waals surface area contributed by atoms with Crippen LogP contribution in [-0.4, -0.2) is 31.3 Å². The Morgan fingerprint density at radius 2 is 1.68 bits per heavy atom. The van der Waals surface area contributed by atoms with Crippen molar-refractivity contribution >= 4 is 32.8 Å². The van der Waals surface area contributed by atoms with Crippen LogP contribution in [0.2, 0.25) is 0 Å². The molecule has 2 aromatic rings. The number of nitro benzene ring substituents is 1. The van der Waals surface area contributed by atoms with Gasteiger partial charge in [0.25, 0.3) is 15.5 Å². The van der Waals surface area contributed by atoms with Crippen molar-refractivity contribution in [2.75, 3.05) is 17.2 Å². The summed E-state index contributed by atoms with van der Waals surface area (Å²) < 4.78 is 98.7. The quantitative estimate of drug-likeness (QED) is 0.374. The monoisotopic (exact) mass is 471 g/mol. The van der Waals surface area contributed by atoms with E-state index in [1.807, 2.05) is 0 Å². The van der Waals surface area contributed by atoms with Gasteiger partial charge in [-0.25, -0.2) is 8.42 Å². The summed E-state index contributed by atoms with van der Waals surface area (Å²) in [6, 6.07) is 4.92. The van der Waals surface area contributed by atoms with Crippen LogP contribution in [0.25, 0.3) is 0 Å². The molecular formula is C16H11F6N3O5S. The molecule has 2 rings (SSSR count). The van der Waals surface area contributed by atoms with E-state index in [0.717, 1.165) is 18.2 Å². The van der Waals surface area contributed by atoms with Crippen molar-refractivity contribution in [3.8, 4) is 0 Å². The first kappa shape index (κ1) is 23.9. The van der Waals surface area contributed by atoms with Gasteiger partial charge in [0.05, 0.1) is 21.9 Å². The molecule has 0 saturated carbocycles. The lowest BCUT2D eigenvalue weighted by Gasteiger charge is -2.12. The van der Waals surface area contributed by atoms with Gasteiger partial charge in [-0.3, -0.25) is 14.9 Å². The summed E-state index contributed by atoms with van der Waals surface area (Å²) in [5.74, 6) is -0.930. The largest absolute Gasteiger partial charge is 0.501 e. The van der Waals surface area contributed by atoms with Gasteiger partial charge in [-0.15, -0.1) is 0 Å². The molecule has 0 aliphatic heterocycles. The predicted octanol–water partition coefficient (Wildman–Crippen LogP) is 3.96. The Morgan fingerprint density at radius 3 is 2.23 bits per heavy atom. The van der Waals surface area contributed by atoms with Crippen molar-refractivity contribution in [2.45, 2.75) is 16.6 Å². The van der Waals surface area contributed by atoms with E-state index in [1.54, 1.807) is 0 Å². The van der Waals surface area contributed by atoms with Crippen LogP contribution in [0.5, 0.6) is 0 Å². The van der Waals surface area contributed by atoms with E-state index in [0.29, 0.717) is 18.2 Å². The summed E-state index contributed by atoms with van der Waals surface area (Å²) in [5, 5.41) is 15.4. The normalized spacial score (nSPS) is 12.3. The minimum atomic E-state index is -5.84. The number of anilines is 2. The number of nitrogens with zero attached hydrogens (tertiary/aromatic N) is 1. The Kier molecular flexibility index (Phi) is 6.49. The lowest BCUT2D eigenvalue weighted by atomic mass is 10.2. The third kappa shape index (κ3) is 5.62. The molecule has 31 heavy (non-hydrogen) atoms. The molecule has 1 amide bonds. The number of amides is 1. The average molecular weight is 471 g/mol. The van der Waals surface area contributed by atoms with Crippen LogP contribution < -0.4 is 10.6 Å². The number of hydrogen-bond donors (Lipinski definition) is 2. The first-order valence-corrected chi connectivity index (χ1v) is 9.42. The standard InChI is InChI=1S/C16H11F6N3O5S/c17-15(18,19)9-2-1-3-10(6-9)24-14(26)8-23-12-5-4-11(7-13(12)25(27)28)31(29,30)16(20,21)22/h1-7,23H,8H2,(H,24,26). The highest BCUT2D eigenvalue weighted by Crippen LogP contribution is 2.35. The maximum Gasteiger partial charge on any atom is 0.501 e. The molecule has 0 atom stereocenters. The average Bonchev–Trinajstić information content (AvgIpc) is 2.64. The number of sulfone groups is 1. The molecule has 0 unspecified atom stereocenters. The van der Waals surface area contributed by atoms with Gasteiger partial charge in [-0.05, 0) is 30.3 Å². The second-order valence-corrected chi connectivity index (χ2v) is 7.81. The minimum Gasteiger partial charge on any atom is -0.371 e. The second-order valence-electron chi connectivity index (χ2n) is 5.87. The molecule has 15 heteroatoms. The van der Waals surface area contributed by atoms with E-state index in [2.05, 4.69) is 10.6 Å². The van der Waals surface area contributed by atoms with E-state index >= 15 is 0 Å². The Morgan fingerprint density at radius 1 is 1.03 bits per heavy atom. The number of carbonyl (C=O) groups is 1. The van der Waals surface area contributed by atoms with E-state index in [1.165, 1.54) is 0 Å². The highest BCUT2D eigenvalue weighted by Gasteiger charge is 2.47. The molecule has 0 spiro atoms. The van der Waals surface area contributed by atoms with Gasteiger partial charge >= 0.3 is 11.7 Å². The van der Waals surface area contributed by atoms with Gasteiger partial charge in [0.15, 0.2) is 0 Å². The summed E-state index contributed by atoms with van der Waals surface area (Å²) in [7, 11) is -5.84. The molecule has 2 aromatic carbocycles. The molecule has 0 aliphatic carbocycles. The zero-order valence-corrected chi connectivity index (χ0v) is 15.7. The summed E-state index contributed by atoms with van der Waals surface area (Å²) in [6.07, 6.45) is -4.65. The minimum absolute atomic E-state index is 0.176. The summed E-state index contributed by atoms with van der Waals surface area (Å²) in [5.41, 5.74) is -8.47. The van der Waals surface area contributed by atoms with Crippen LogP contribution in [0.1, 0.15) is 5.56 Å². The molecule has 0 saturated heterocycles. The molecule has 0 heterocycles. The van der Waals surface area contributed by atoms with Crippen LogP contribution in [0, 0.1) is 10.1 Å². The fourth-order valence-electron chi connectivity index (χ4n) is 2.27. The van der Waals surface area contributed by atoms with Crippen LogP contribution in [-0.2, 0) is 20.8 Å². The number of nitrogens with one attached hydrogen (secondary N) is 2. The van der Waals surface area contributed by atoms with Crippen molar-refractivity contribution in [1.29, 1.82) is 0 Å². The maximum absolute atomic E-state index is 12.7. The van der Waals surface area contributed by atoms with Gasteiger partial charge in [0, 0.05) is 11.8 Å². The molecule has 8 nitrogen and oxygen atoms in total.